The van der Waals surface area contributed by atoms with Crippen LogP contribution in [0.1, 0.15) is 62.6 Å². The van der Waals surface area contributed by atoms with Crippen molar-refractivity contribution in [3.63, 3.8) is 0 Å². The number of fused-ring (bicyclic) bond motifs is 1. The molecule has 106 valence electrons. The summed E-state index contributed by atoms with van der Waals surface area (Å²) in [5.41, 5.74) is 11.0. The molecule has 2 unspecified atom stereocenters. The summed E-state index contributed by atoms with van der Waals surface area (Å²) in [6.45, 7) is 4.54. The summed E-state index contributed by atoms with van der Waals surface area (Å²) < 4.78 is 0. The van der Waals surface area contributed by atoms with Gasteiger partial charge in [-0.1, -0.05) is 51.3 Å². The lowest BCUT2D eigenvalue weighted by Gasteiger charge is -2.23. The van der Waals surface area contributed by atoms with Gasteiger partial charge in [0, 0.05) is 6.04 Å². The van der Waals surface area contributed by atoms with Gasteiger partial charge in [0.05, 0.1) is 0 Å². The van der Waals surface area contributed by atoms with Crippen LogP contribution in [0.5, 0.6) is 0 Å². The summed E-state index contributed by atoms with van der Waals surface area (Å²) in [6, 6.07) is 7.37. The summed E-state index contributed by atoms with van der Waals surface area (Å²) in [5.74, 6) is 0.688. The summed E-state index contributed by atoms with van der Waals surface area (Å²) >= 11 is 0. The Hall–Kier alpha value is -0.820. The van der Waals surface area contributed by atoms with Gasteiger partial charge in [0.2, 0.25) is 0 Å². The van der Waals surface area contributed by atoms with E-state index in [0.717, 1.165) is 6.42 Å². The molecule has 0 heterocycles. The minimum atomic E-state index is 0.330. The highest BCUT2D eigenvalue weighted by Crippen LogP contribution is 2.25. The van der Waals surface area contributed by atoms with Gasteiger partial charge in [0.15, 0.2) is 0 Å². The molecule has 0 spiro atoms. The molecule has 0 saturated carbocycles. The van der Waals surface area contributed by atoms with Crippen molar-refractivity contribution in [1.29, 1.82) is 0 Å². The SMILES string of the molecule is CCCCC(CC)C(N)Cc1ccc2c(c1)CCC2. The maximum Gasteiger partial charge on any atom is 0.0108 e. The van der Waals surface area contributed by atoms with Gasteiger partial charge in [-0.3, -0.25) is 0 Å². The number of unbranched alkanes of at least 4 members (excludes halogenated alkanes) is 1. The molecule has 0 bridgehead atoms. The van der Waals surface area contributed by atoms with Crippen LogP contribution in [0.25, 0.3) is 0 Å². The van der Waals surface area contributed by atoms with Gasteiger partial charge < -0.3 is 5.73 Å². The number of hydrogen-bond acceptors (Lipinski definition) is 1. The smallest absolute Gasteiger partial charge is 0.0108 e. The largest absolute Gasteiger partial charge is 0.327 e. The first-order valence-electron chi connectivity index (χ1n) is 8.10. The molecule has 19 heavy (non-hydrogen) atoms. The van der Waals surface area contributed by atoms with E-state index in [1.165, 1.54) is 50.5 Å². The normalized spacial score (nSPS) is 17.2. The molecule has 1 heteroatoms. The Labute approximate surface area is 118 Å². The average Bonchev–Trinajstić information content (AvgIpc) is 2.87. The Morgan fingerprint density at radius 2 is 1.95 bits per heavy atom. The second-order valence-corrected chi connectivity index (χ2v) is 6.14. The van der Waals surface area contributed by atoms with E-state index >= 15 is 0 Å². The van der Waals surface area contributed by atoms with Crippen LogP contribution in [0, 0.1) is 5.92 Å². The highest BCUT2D eigenvalue weighted by molar-refractivity contribution is 5.35. The third-order valence-electron chi connectivity index (χ3n) is 4.69. The molecule has 2 rings (SSSR count). The second-order valence-electron chi connectivity index (χ2n) is 6.14. The van der Waals surface area contributed by atoms with Crippen LogP contribution in [0.4, 0.5) is 0 Å². The molecule has 0 fully saturated rings. The van der Waals surface area contributed by atoms with Crippen LogP contribution in [0.3, 0.4) is 0 Å². The van der Waals surface area contributed by atoms with Gasteiger partial charge in [0.1, 0.15) is 0 Å². The Bertz CT molecular complexity index is 397. The van der Waals surface area contributed by atoms with Crippen LogP contribution >= 0.6 is 0 Å². The van der Waals surface area contributed by atoms with Crippen molar-refractivity contribution in [2.24, 2.45) is 11.7 Å². The molecular formula is C18H29N. The number of benzene rings is 1. The summed E-state index contributed by atoms with van der Waals surface area (Å²) in [7, 11) is 0. The van der Waals surface area contributed by atoms with Crippen molar-refractivity contribution in [2.75, 3.05) is 0 Å². The van der Waals surface area contributed by atoms with E-state index in [1.807, 2.05) is 0 Å². The zero-order valence-corrected chi connectivity index (χ0v) is 12.6. The molecule has 1 aliphatic carbocycles. The standard InChI is InChI=1S/C18H29N/c1-3-5-7-15(4-2)18(19)13-14-10-11-16-8-6-9-17(16)12-14/h10-12,15,18H,3-9,13,19H2,1-2H3. The maximum atomic E-state index is 6.45. The van der Waals surface area contributed by atoms with Gasteiger partial charge in [-0.25, -0.2) is 0 Å². The molecule has 1 aliphatic rings. The van der Waals surface area contributed by atoms with Gasteiger partial charge >= 0.3 is 0 Å². The number of hydrogen-bond donors (Lipinski definition) is 1. The van der Waals surface area contributed by atoms with Crippen LogP contribution in [-0.2, 0) is 19.3 Å². The van der Waals surface area contributed by atoms with Crippen molar-refractivity contribution in [3.8, 4) is 0 Å². The van der Waals surface area contributed by atoms with Crippen molar-refractivity contribution in [1.82, 2.24) is 0 Å². The lowest BCUT2D eigenvalue weighted by atomic mass is 9.87. The third-order valence-corrected chi connectivity index (χ3v) is 4.69. The minimum Gasteiger partial charge on any atom is -0.327 e. The van der Waals surface area contributed by atoms with Gasteiger partial charge in [-0.2, -0.15) is 0 Å². The van der Waals surface area contributed by atoms with Crippen molar-refractivity contribution in [2.45, 2.75) is 71.3 Å². The van der Waals surface area contributed by atoms with E-state index in [4.69, 9.17) is 5.73 Å². The van der Waals surface area contributed by atoms with E-state index in [2.05, 4.69) is 32.0 Å². The van der Waals surface area contributed by atoms with E-state index in [0.29, 0.717) is 12.0 Å². The fraction of sp³-hybridized carbons (Fsp3) is 0.667. The minimum absolute atomic E-state index is 0.330. The lowest BCUT2D eigenvalue weighted by Crippen LogP contribution is -2.32. The molecule has 0 aromatic heterocycles. The average molecular weight is 259 g/mol. The fourth-order valence-electron chi connectivity index (χ4n) is 3.38. The van der Waals surface area contributed by atoms with Crippen molar-refractivity contribution in [3.05, 3.63) is 34.9 Å². The molecule has 0 amide bonds. The third kappa shape index (κ3) is 3.82. The lowest BCUT2D eigenvalue weighted by molar-refractivity contribution is 0.369. The Morgan fingerprint density at radius 3 is 2.68 bits per heavy atom. The van der Waals surface area contributed by atoms with Crippen LogP contribution in [0.15, 0.2) is 18.2 Å². The molecule has 2 N–H and O–H groups in total. The molecule has 0 aliphatic heterocycles. The first-order valence-corrected chi connectivity index (χ1v) is 8.10. The van der Waals surface area contributed by atoms with Crippen molar-refractivity contribution >= 4 is 0 Å². The van der Waals surface area contributed by atoms with Crippen LogP contribution in [0.2, 0.25) is 0 Å². The predicted octanol–water partition coefficient (Wildman–Crippen LogP) is 4.26. The van der Waals surface area contributed by atoms with E-state index in [-0.39, 0.29) is 0 Å². The van der Waals surface area contributed by atoms with Crippen molar-refractivity contribution < 1.29 is 0 Å². The monoisotopic (exact) mass is 259 g/mol. The van der Waals surface area contributed by atoms with Gasteiger partial charge in [0.25, 0.3) is 0 Å². The maximum absolute atomic E-state index is 6.45. The summed E-state index contributed by atoms with van der Waals surface area (Å²) in [6.07, 6.45) is 10.0. The predicted molar refractivity (Wildman–Crippen MR) is 83.5 cm³/mol. The summed E-state index contributed by atoms with van der Waals surface area (Å²) in [4.78, 5) is 0. The van der Waals surface area contributed by atoms with E-state index < -0.39 is 0 Å². The quantitative estimate of drug-likeness (QED) is 0.778. The summed E-state index contributed by atoms with van der Waals surface area (Å²) in [5, 5.41) is 0. The van der Waals surface area contributed by atoms with Crippen LogP contribution in [-0.4, -0.2) is 6.04 Å². The Balaban J connectivity index is 1.95. The molecule has 1 nitrogen and oxygen atoms in total. The Morgan fingerprint density at radius 1 is 1.16 bits per heavy atom. The zero-order chi connectivity index (χ0) is 13.7. The van der Waals surface area contributed by atoms with Crippen LogP contribution < -0.4 is 5.73 Å². The molecule has 0 saturated heterocycles. The first-order chi connectivity index (χ1) is 9.24. The van der Waals surface area contributed by atoms with Gasteiger partial charge in [-0.15, -0.1) is 0 Å². The first kappa shape index (κ1) is 14.6. The molecular weight excluding hydrogens is 230 g/mol. The number of nitrogens with two attached hydrogens (primary N) is 1. The molecule has 2 atom stereocenters. The van der Waals surface area contributed by atoms with E-state index in [9.17, 15) is 0 Å². The highest BCUT2D eigenvalue weighted by Gasteiger charge is 2.17. The number of aryl methyl sites for hydroxylation is 2. The van der Waals surface area contributed by atoms with Gasteiger partial charge in [-0.05, 0) is 54.7 Å². The molecule has 0 radical (unpaired) electrons. The molecule has 1 aromatic carbocycles. The second kappa shape index (κ2) is 7.09. The Kier molecular flexibility index (Phi) is 5.45. The number of rotatable bonds is 7. The fourth-order valence-corrected chi connectivity index (χ4v) is 3.38. The highest BCUT2D eigenvalue weighted by atomic mass is 14.6. The molecule has 1 aromatic rings. The zero-order valence-electron chi connectivity index (χ0n) is 12.6. The topological polar surface area (TPSA) is 26.0 Å². The van der Waals surface area contributed by atoms with E-state index in [1.54, 1.807) is 11.1 Å².